The Hall–Kier alpha value is -4.13. The third-order valence-electron chi connectivity index (χ3n) is 9.74. The molecule has 2 saturated heterocycles. The van der Waals surface area contributed by atoms with Gasteiger partial charge in [0.1, 0.15) is 30.0 Å². The number of hydrogen-bond acceptors (Lipinski definition) is 12. The molecule has 0 radical (unpaired) electrons. The SMILES string of the molecule is COc1nc(N2CCC3(CCN(C)CC3)CC2)c(-c2cnn(C)c2)cc1Nc1ncc(Br)c(Nc2ccc3nccnc3c2P(C)(C)=O)n1. The van der Waals surface area contributed by atoms with Crippen molar-refractivity contribution >= 4 is 68.4 Å². The molecule has 4 aromatic heterocycles. The lowest BCUT2D eigenvalue weighted by molar-refractivity contribution is 0.0943. The highest BCUT2D eigenvalue weighted by Gasteiger charge is 2.38. The minimum atomic E-state index is -2.77. The van der Waals surface area contributed by atoms with Gasteiger partial charge >= 0.3 is 0 Å². The first-order valence-electron chi connectivity index (χ1n) is 16.4. The van der Waals surface area contributed by atoms with E-state index in [0.717, 1.165) is 42.9 Å². The van der Waals surface area contributed by atoms with Gasteiger partial charge in [-0.3, -0.25) is 14.6 Å². The number of fused-ring (bicyclic) bond motifs is 1. The third-order valence-corrected chi connectivity index (χ3v) is 11.9. The van der Waals surface area contributed by atoms with Gasteiger partial charge in [0.15, 0.2) is 0 Å². The van der Waals surface area contributed by atoms with Gasteiger partial charge in [0.25, 0.3) is 0 Å². The summed E-state index contributed by atoms with van der Waals surface area (Å²) in [5.74, 6) is 2.14. The molecule has 2 fully saturated rings. The molecule has 0 aliphatic carbocycles. The fourth-order valence-electron chi connectivity index (χ4n) is 6.96. The summed E-state index contributed by atoms with van der Waals surface area (Å²) in [7, 11) is 2.99. The summed E-state index contributed by atoms with van der Waals surface area (Å²) in [6.07, 6.45) is 13.6. The fraction of sp³-hybridized carbons (Fsp3) is 0.412. The monoisotopic (exact) mass is 745 g/mol. The second-order valence-corrected chi connectivity index (χ2v) is 17.5. The largest absolute Gasteiger partial charge is 0.479 e. The Morgan fingerprint density at radius 3 is 2.35 bits per heavy atom. The van der Waals surface area contributed by atoms with Crippen LogP contribution < -0.4 is 25.6 Å². The van der Waals surface area contributed by atoms with Crippen LogP contribution in [0.5, 0.6) is 5.88 Å². The van der Waals surface area contributed by atoms with Gasteiger partial charge in [0.05, 0.1) is 34.3 Å². The van der Waals surface area contributed by atoms with E-state index < -0.39 is 7.14 Å². The number of methoxy groups -OCH3 is 1. The Morgan fingerprint density at radius 1 is 0.918 bits per heavy atom. The van der Waals surface area contributed by atoms with Gasteiger partial charge in [-0.15, -0.1) is 0 Å². The molecule has 1 spiro atoms. The quantitative estimate of drug-likeness (QED) is 0.179. The highest BCUT2D eigenvalue weighted by Crippen LogP contribution is 2.45. The number of anilines is 5. The summed E-state index contributed by atoms with van der Waals surface area (Å²) in [6.45, 7) is 7.66. The number of ether oxygens (including phenoxy) is 1. The van der Waals surface area contributed by atoms with Crippen LogP contribution in [-0.2, 0) is 11.6 Å². The standard InChI is InChI=1S/C34H41BrN11O2P/c1-44-14-8-34(9-15-44)10-16-46(17-11-34)31-23(22-19-39-45(2)21-22)18-27(32(43-31)48-3)41-33-38-20-24(35)30(42-33)40-26-7-6-25-28(37-13-12-36-25)29(26)49(4,5)47/h6-7,12-13,18-21H,8-11,14-17H2,1-5H3,(H2,38,40,41,42). The van der Waals surface area contributed by atoms with Crippen LogP contribution in [0.25, 0.3) is 22.2 Å². The summed E-state index contributed by atoms with van der Waals surface area (Å²) >= 11 is 3.59. The molecule has 5 aromatic rings. The van der Waals surface area contributed by atoms with Crippen LogP contribution in [0.1, 0.15) is 25.7 Å². The Labute approximate surface area is 294 Å². The number of pyridine rings is 1. The van der Waals surface area contributed by atoms with Crippen LogP contribution in [0.2, 0.25) is 0 Å². The number of aromatic nitrogens is 7. The van der Waals surface area contributed by atoms with Gasteiger partial charge in [0, 0.05) is 56.1 Å². The van der Waals surface area contributed by atoms with E-state index in [0.29, 0.717) is 55.2 Å². The molecular formula is C34H41BrN11O2P. The van der Waals surface area contributed by atoms with Gasteiger partial charge < -0.3 is 29.7 Å². The molecule has 13 nitrogen and oxygen atoms in total. The number of nitrogens with one attached hydrogen (secondary N) is 2. The zero-order chi connectivity index (χ0) is 34.3. The summed E-state index contributed by atoms with van der Waals surface area (Å²) in [5, 5.41) is 11.8. The van der Waals surface area contributed by atoms with Gasteiger partial charge in [-0.2, -0.15) is 15.1 Å². The molecular weight excluding hydrogens is 705 g/mol. The van der Waals surface area contributed by atoms with Crippen molar-refractivity contribution in [2.45, 2.75) is 25.7 Å². The molecule has 2 N–H and O–H groups in total. The van der Waals surface area contributed by atoms with Gasteiger partial charge in [-0.1, -0.05) is 0 Å². The first-order valence-corrected chi connectivity index (χ1v) is 19.8. The molecule has 0 atom stereocenters. The van der Waals surface area contributed by atoms with Crippen molar-refractivity contribution in [3.63, 3.8) is 0 Å². The van der Waals surface area contributed by atoms with Crippen LogP contribution in [0, 0.1) is 5.41 Å². The maximum absolute atomic E-state index is 13.5. The average molecular weight is 747 g/mol. The number of likely N-dealkylation sites (tertiary alicyclic amines) is 1. The molecule has 2 aliphatic rings. The van der Waals surface area contributed by atoms with E-state index in [9.17, 15) is 4.57 Å². The third kappa shape index (κ3) is 6.86. The van der Waals surface area contributed by atoms with Crippen molar-refractivity contribution in [1.82, 2.24) is 39.6 Å². The molecule has 15 heteroatoms. The van der Waals surface area contributed by atoms with Gasteiger partial charge in [-0.05, 0) is 98.7 Å². The van der Waals surface area contributed by atoms with Crippen LogP contribution in [0.3, 0.4) is 0 Å². The molecule has 49 heavy (non-hydrogen) atoms. The van der Waals surface area contributed by atoms with Crippen molar-refractivity contribution in [1.29, 1.82) is 0 Å². The topological polar surface area (TPSA) is 139 Å². The summed E-state index contributed by atoms with van der Waals surface area (Å²) < 4.78 is 21.8. The van der Waals surface area contributed by atoms with E-state index in [4.69, 9.17) is 14.7 Å². The molecule has 6 heterocycles. The Morgan fingerprint density at radius 2 is 1.65 bits per heavy atom. The molecule has 256 valence electrons. The Kier molecular flexibility index (Phi) is 9.06. The molecule has 0 unspecified atom stereocenters. The van der Waals surface area contributed by atoms with E-state index in [1.54, 1.807) is 43.7 Å². The number of rotatable bonds is 8. The van der Waals surface area contributed by atoms with Crippen LogP contribution in [0.15, 0.2) is 53.7 Å². The van der Waals surface area contributed by atoms with E-state index >= 15 is 0 Å². The first-order chi connectivity index (χ1) is 23.5. The van der Waals surface area contributed by atoms with E-state index in [1.165, 1.54) is 25.9 Å². The molecule has 0 saturated carbocycles. The second kappa shape index (κ2) is 13.3. The van der Waals surface area contributed by atoms with E-state index in [-0.39, 0.29) is 0 Å². The second-order valence-electron chi connectivity index (χ2n) is 13.5. The number of benzene rings is 1. The van der Waals surface area contributed by atoms with Crippen molar-refractivity contribution in [3.8, 4) is 17.0 Å². The highest BCUT2D eigenvalue weighted by atomic mass is 79.9. The Bertz CT molecular complexity index is 2050. The number of nitrogens with zero attached hydrogens (tertiary/aromatic N) is 9. The lowest BCUT2D eigenvalue weighted by Gasteiger charge is -2.46. The molecule has 7 rings (SSSR count). The maximum atomic E-state index is 13.5. The average Bonchev–Trinajstić information content (AvgIpc) is 3.53. The number of halogens is 1. The smallest absolute Gasteiger partial charge is 0.239 e. The minimum absolute atomic E-state index is 0.330. The summed E-state index contributed by atoms with van der Waals surface area (Å²) in [6, 6.07) is 5.75. The number of piperidine rings is 2. The van der Waals surface area contributed by atoms with Crippen LogP contribution in [-0.4, -0.2) is 93.3 Å². The summed E-state index contributed by atoms with van der Waals surface area (Å²) in [4.78, 5) is 28.2. The van der Waals surface area contributed by atoms with Gasteiger partial charge in [0.2, 0.25) is 11.8 Å². The van der Waals surface area contributed by atoms with Crippen LogP contribution >= 0.6 is 23.1 Å². The highest BCUT2D eigenvalue weighted by molar-refractivity contribution is 9.10. The molecule has 1 aromatic carbocycles. The maximum Gasteiger partial charge on any atom is 0.239 e. The van der Waals surface area contributed by atoms with Crippen LogP contribution in [0.4, 0.5) is 29.0 Å². The fourth-order valence-corrected chi connectivity index (χ4v) is 8.65. The molecule has 0 bridgehead atoms. The van der Waals surface area contributed by atoms with Crippen molar-refractivity contribution < 1.29 is 9.30 Å². The van der Waals surface area contributed by atoms with E-state index in [2.05, 4.69) is 63.5 Å². The predicted octanol–water partition coefficient (Wildman–Crippen LogP) is 6.03. The lowest BCUT2D eigenvalue weighted by Crippen LogP contribution is -2.46. The van der Waals surface area contributed by atoms with Crippen molar-refractivity contribution in [3.05, 3.63) is 53.7 Å². The lowest BCUT2D eigenvalue weighted by atomic mass is 9.71. The Balaban J connectivity index is 1.21. The molecule has 2 aliphatic heterocycles. The minimum Gasteiger partial charge on any atom is -0.479 e. The number of hydrogen-bond donors (Lipinski definition) is 2. The summed E-state index contributed by atoms with van der Waals surface area (Å²) in [5.41, 5.74) is 4.86. The van der Waals surface area contributed by atoms with E-state index in [1.807, 2.05) is 37.6 Å². The van der Waals surface area contributed by atoms with Gasteiger partial charge in [-0.25, -0.2) is 4.98 Å². The normalized spacial score (nSPS) is 16.7. The zero-order valence-corrected chi connectivity index (χ0v) is 30.9. The molecule has 0 amide bonds. The number of aryl methyl sites for hydroxylation is 1. The first kappa shape index (κ1) is 33.4. The predicted molar refractivity (Wildman–Crippen MR) is 199 cm³/mol. The zero-order valence-electron chi connectivity index (χ0n) is 28.4. The van der Waals surface area contributed by atoms with Crippen molar-refractivity contribution in [2.24, 2.45) is 12.5 Å². The van der Waals surface area contributed by atoms with Crippen molar-refractivity contribution in [2.75, 3.05) is 69.2 Å².